The van der Waals surface area contributed by atoms with Crippen LogP contribution < -0.4 is 10.6 Å². The normalized spacial score (nSPS) is 11.7. The van der Waals surface area contributed by atoms with Crippen LogP contribution in [0.5, 0.6) is 11.5 Å². The number of phenolic OH excluding ortho intramolecular Hbond substituents is 2. The highest BCUT2D eigenvalue weighted by molar-refractivity contribution is 6.02. The summed E-state index contributed by atoms with van der Waals surface area (Å²) < 4.78 is 5.62. The lowest BCUT2D eigenvalue weighted by Gasteiger charge is -2.20. The lowest BCUT2D eigenvalue weighted by Crippen LogP contribution is -2.35. The molecule has 1 heterocycles. The van der Waals surface area contributed by atoms with Crippen molar-refractivity contribution in [3.63, 3.8) is 0 Å². The summed E-state index contributed by atoms with van der Waals surface area (Å²) in [6, 6.07) is 10.8. The van der Waals surface area contributed by atoms with E-state index in [2.05, 4.69) is 36.6 Å². The van der Waals surface area contributed by atoms with Gasteiger partial charge in [-0.2, -0.15) is 0 Å². The van der Waals surface area contributed by atoms with Crippen LogP contribution in [0.15, 0.2) is 40.9 Å². The van der Waals surface area contributed by atoms with Gasteiger partial charge in [0, 0.05) is 24.7 Å². The van der Waals surface area contributed by atoms with E-state index in [1.807, 2.05) is 45.0 Å². The number of benzene rings is 2. The monoisotopic (exact) mass is 451 g/mol. The maximum atomic E-state index is 12.7. The molecule has 33 heavy (non-hydrogen) atoms. The molecular weight excluding hydrogens is 418 g/mol. The second-order valence-corrected chi connectivity index (χ2v) is 9.48. The Morgan fingerprint density at radius 3 is 2.33 bits per heavy atom. The predicted octanol–water partition coefficient (Wildman–Crippen LogP) is 5.18. The molecule has 0 fully saturated rings. The Morgan fingerprint density at radius 2 is 1.76 bits per heavy atom. The predicted molar refractivity (Wildman–Crippen MR) is 129 cm³/mol. The van der Waals surface area contributed by atoms with Crippen molar-refractivity contribution in [2.45, 2.75) is 59.5 Å². The molecule has 0 aliphatic heterocycles. The number of aromatic hydroxyl groups is 2. The first-order chi connectivity index (χ1) is 15.5. The molecule has 1 aromatic heterocycles. The van der Waals surface area contributed by atoms with Crippen molar-refractivity contribution in [1.29, 1.82) is 0 Å². The first kappa shape index (κ1) is 24.3. The molecule has 7 nitrogen and oxygen atoms in total. The molecule has 0 spiro atoms. The summed E-state index contributed by atoms with van der Waals surface area (Å²) >= 11 is 0. The summed E-state index contributed by atoms with van der Waals surface area (Å²) in [4.78, 5) is 12.7. The number of rotatable bonds is 7. The second-order valence-electron chi connectivity index (χ2n) is 9.48. The zero-order valence-corrected chi connectivity index (χ0v) is 20.1. The summed E-state index contributed by atoms with van der Waals surface area (Å²) in [6.07, 6.45) is 0. The van der Waals surface area contributed by atoms with Gasteiger partial charge in [0.25, 0.3) is 5.91 Å². The highest BCUT2D eigenvalue weighted by Crippen LogP contribution is 2.43. The summed E-state index contributed by atoms with van der Waals surface area (Å²) in [5, 5.41) is 31.1. The van der Waals surface area contributed by atoms with Crippen LogP contribution in [-0.2, 0) is 6.54 Å². The molecule has 0 aliphatic carbocycles. The number of phenols is 2. The van der Waals surface area contributed by atoms with Gasteiger partial charge >= 0.3 is 0 Å². The third-order valence-corrected chi connectivity index (χ3v) is 5.32. The minimum absolute atomic E-state index is 0.00372. The van der Waals surface area contributed by atoms with E-state index in [9.17, 15) is 15.0 Å². The standard InChI is InChI=1S/C26H33N3O4/c1-7-27-25(32)23-22(17-10-8-16(9-11-17)14-28-26(4,5)6)24(33-29-23)19-12-18(15(2)3)20(30)13-21(19)31/h8-13,15,28,30-31H,7,14H2,1-6H3,(H,27,32). The molecule has 0 saturated heterocycles. The van der Waals surface area contributed by atoms with E-state index >= 15 is 0 Å². The number of nitrogens with one attached hydrogen (secondary N) is 2. The third kappa shape index (κ3) is 5.54. The van der Waals surface area contributed by atoms with Gasteiger partial charge in [0.1, 0.15) is 11.5 Å². The number of hydrogen-bond donors (Lipinski definition) is 4. The number of carbonyl (C=O) groups excluding carboxylic acids is 1. The molecular formula is C26H33N3O4. The van der Waals surface area contributed by atoms with Crippen molar-refractivity contribution in [2.24, 2.45) is 0 Å². The van der Waals surface area contributed by atoms with Crippen molar-refractivity contribution in [3.05, 3.63) is 53.2 Å². The second kappa shape index (κ2) is 9.67. The van der Waals surface area contributed by atoms with Gasteiger partial charge in [-0.25, -0.2) is 0 Å². The smallest absolute Gasteiger partial charge is 0.274 e. The van der Waals surface area contributed by atoms with Crippen LogP contribution in [0, 0.1) is 0 Å². The van der Waals surface area contributed by atoms with Crippen LogP contribution in [0.1, 0.15) is 69.1 Å². The summed E-state index contributed by atoms with van der Waals surface area (Å²) in [7, 11) is 0. The third-order valence-electron chi connectivity index (χ3n) is 5.32. The van der Waals surface area contributed by atoms with Gasteiger partial charge in [-0.1, -0.05) is 43.3 Å². The van der Waals surface area contributed by atoms with Crippen LogP contribution >= 0.6 is 0 Å². The van der Waals surface area contributed by atoms with Gasteiger partial charge in [-0.05, 0) is 56.4 Å². The lowest BCUT2D eigenvalue weighted by molar-refractivity contribution is 0.0947. The molecule has 7 heteroatoms. The van der Waals surface area contributed by atoms with Gasteiger partial charge in [0.2, 0.25) is 0 Å². The van der Waals surface area contributed by atoms with E-state index < -0.39 is 0 Å². The van der Waals surface area contributed by atoms with Crippen molar-refractivity contribution < 1.29 is 19.5 Å². The molecule has 176 valence electrons. The SMILES string of the molecule is CCNC(=O)c1noc(-c2cc(C(C)C)c(O)cc2O)c1-c1ccc(CNC(C)(C)C)cc1. The molecule has 2 aromatic carbocycles. The molecule has 4 N–H and O–H groups in total. The maximum absolute atomic E-state index is 12.7. The van der Waals surface area contributed by atoms with Gasteiger partial charge in [0.15, 0.2) is 11.5 Å². The Hall–Kier alpha value is -3.32. The zero-order valence-electron chi connectivity index (χ0n) is 20.1. The van der Waals surface area contributed by atoms with E-state index in [0.717, 1.165) is 11.1 Å². The number of carbonyl (C=O) groups is 1. The number of nitrogens with zero attached hydrogens (tertiary/aromatic N) is 1. The van der Waals surface area contributed by atoms with E-state index in [0.29, 0.717) is 29.8 Å². The molecule has 0 radical (unpaired) electrons. The first-order valence-corrected chi connectivity index (χ1v) is 11.2. The van der Waals surface area contributed by atoms with Gasteiger partial charge in [-0.3, -0.25) is 4.79 Å². The average molecular weight is 452 g/mol. The van der Waals surface area contributed by atoms with Crippen molar-refractivity contribution in [2.75, 3.05) is 6.54 Å². The van der Waals surface area contributed by atoms with Crippen molar-refractivity contribution in [1.82, 2.24) is 15.8 Å². The highest BCUT2D eigenvalue weighted by atomic mass is 16.5. The Balaban J connectivity index is 2.12. The van der Waals surface area contributed by atoms with Crippen LogP contribution in [0.25, 0.3) is 22.5 Å². The highest BCUT2D eigenvalue weighted by Gasteiger charge is 2.27. The Labute approximate surface area is 194 Å². The van der Waals surface area contributed by atoms with Crippen molar-refractivity contribution in [3.8, 4) is 33.9 Å². The average Bonchev–Trinajstić information content (AvgIpc) is 3.17. The Morgan fingerprint density at radius 1 is 1.09 bits per heavy atom. The summed E-state index contributed by atoms with van der Waals surface area (Å²) in [5.41, 5.74) is 3.50. The minimum Gasteiger partial charge on any atom is -0.508 e. The Kier molecular flexibility index (Phi) is 7.12. The zero-order chi connectivity index (χ0) is 24.3. The molecule has 3 rings (SSSR count). The molecule has 0 bridgehead atoms. The fraction of sp³-hybridized carbons (Fsp3) is 0.385. The minimum atomic E-state index is -0.358. The van der Waals surface area contributed by atoms with Crippen LogP contribution in [0.3, 0.4) is 0 Å². The van der Waals surface area contributed by atoms with Gasteiger partial charge < -0.3 is 25.4 Å². The van der Waals surface area contributed by atoms with E-state index in [1.54, 1.807) is 6.07 Å². The van der Waals surface area contributed by atoms with E-state index in [1.165, 1.54) is 6.07 Å². The number of hydrogen-bond acceptors (Lipinski definition) is 6. The molecule has 0 saturated carbocycles. The van der Waals surface area contributed by atoms with Crippen LogP contribution in [-0.4, -0.2) is 33.4 Å². The molecule has 1 amide bonds. The first-order valence-electron chi connectivity index (χ1n) is 11.2. The number of amides is 1. The summed E-state index contributed by atoms with van der Waals surface area (Å²) in [6.45, 7) is 13.2. The quantitative estimate of drug-likeness (QED) is 0.394. The lowest BCUT2D eigenvalue weighted by atomic mass is 9.94. The van der Waals surface area contributed by atoms with E-state index in [4.69, 9.17) is 4.52 Å². The molecule has 0 atom stereocenters. The van der Waals surface area contributed by atoms with Gasteiger partial charge in [-0.15, -0.1) is 0 Å². The molecule has 0 aliphatic rings. The fourth-order valence-corrected chi connectivity index (χ4v) is 3.54. The van der Waals surface area contributed by atoms with Crippen LogP contribution in [0.4, 0.5) is 0 Å². The Bertz CT molecular complexity index is 1130. The fourth-order valence-electron chi connectivity index (χ4n) is 3.54. The largest absolute Gasteiger partial charge is 0.508 e. The van der Waals surface area contributed by atoms with E-state index in [-0.39, 0.29) is 40.3 Å². The maximum Gasteiger partial charge on any atom is 0.274 e. The molecule has 0 unspecified atom stereocenters. The summed E-state index contributed by atoms with van der Waals surface area (Å²) in [5.74, 6) is -0.206. The van der Waals surface area contributed by atoms with Crippen LogP contribution in [0.2, 0.25) is 0 Å². The topological polar surface area (TPSA) is 108 Å². The number of aromatic nitrogens is 1. The van der Waals surface area contributed by atoms with Crippen molar-refractivity contribution >= 4 is 5.91 Å². The molecule has 3 aromatic rings. The van der Waals surface area contributed by atoms with Gasteiger partial charge in [0.05, 0.1) is 11.1 Å².